The second-order valence-electron chi connectivity index (χ2n) is 7.05. The molecule has 0 unspecified atom stereocenters. The molecule has 0 radical (unpaired) electrons. The van der Waals surface area contributed by atoms with Gasteiger partial charge < -0.3 is 15.5 Å². The summed E-state index contributed by atoms with van der Waals surface area (Å²) in [5.41, 5.74) is 3.80. The number of aromatic nitrogens is 1. The summed E-state index contributed by atoms with van der Waals surface area (Å²) in [6.07, 6.45) is 3.32. The van der Waals surface area contributed by atoms with Crippen LogP contribution in [-0.2, 0) is 6.61 Å². The fourth-order valence-electron chi connectivity index (χ4n) is 3.14. The number of thiocarbonyl (C=S) groups is 1. The minimum Gasteiger partial charge on any atom is -0.502 e. The zero-order valence-electron chi connectivity index (χ0n) is 17.1. The zero-order chi connectivity index (χ0) is 22.5. The summed E-state index contributed by atoms with van der Waals surface area (Å²) in [6, 6.07) is 15.0. The molecule has 0 fully saturated rings. The first-order chi connectivity index (χ1) is 14.8. The Morgan fingerprint density at radius 1 is 1.16 bits per heavy atom. The minimum atomic E-state index is -0.526. The van der Waals surface area contributed by atoms with Crippen molar-refractivity contribution in [1.29, 1.82) is 0 Å². The zero-order valence-corrected chi connectivity index (χ0v) is 17.9. The lowest BCUT2D eigenvalue weighted by Crippen LogP contribution is -2.39. The molecule has 1 aromatic heterocycles. The average Bonchev–Trinajstić information content (AvgIpc) is 2.76. The van der Waals surface area contributed by atoms with Crippen LogP contribution in [0.25, 0.3) is 11.5 Å². The van der Waals surface area contributed by atoms with E-state index in [-0.39, 0.29) is 34.3 Å². The smallest absolute Gasteiger partial charge is 0.288 e. The Kier molecular flexibility index (Phi) is 6.74. The van der Waals surface area contributed by atoms with Crippen LogP contribution in [0.3, 0.4) is 0 Å². The minimum absolute atomic E-state index is 0.147. The van der Waals surface area contributed by atoms with Gasteiger partial charge in [0.2, 0.25) is 0 Å². The van der Waals surface area contributed by atoms with Gasteiger partial charge in [-0.2, -0.15) is 4.57 Å². The van der Waals surface area contributed by atoms with E-state index in [1.807, 2.05) is 32.0 Å². The fraction of sp³-hybridized carbons (Fsp3) is 0.130. The molecule has 0 saturated heterocycles. The standard InChI is InChI=1S/C23H21N3O4S/c1-15-8-9-20(16(2)11-15)24-23(31)21(25-10-4-5-17(13-25)14-27)22(28)18-6-3-7-19(12-18)26(29)30/h3-13,27H,14H2,1-2H3,(H-,24,28,31)/p+1. The van der Waals surface area contributed by atoms with Crippen molar-refractivity contribution in [2.75, 3.05) is 5.32 Å². The van der Waals surface area contributed by atoms with Crippen molar-refractivity contribution in [3.63, 3.8) is 0 Å². The Labute approximate surface area is 185 Å². The molecule has 0 bridgehead atoms. The summed E-state index contributed by atoms with van der Waals surface area (Å²) < 4.78 is 1.58. The quantitative estimate of drug-likeness (QED) is 0.133. The highest BCUT2D eigenvalue weighted by Crippen LogP contribution is 2.24. The Hall–Kier alpha value is -3.62. The highest BCUT2D eigenvalue weighted by atomic mass is 32.1. The van der Waals surface area contributed by atoms with Crippen molar-refractivity contribution >= 4 is 40.0 Å². The molecule has 31 heavy (non-hydrogen) atoms. The molecule has 1 heterocycles. The first kappa shape index (κ1) is 22.1. The SMILES string of the molecule is Cc1ccc(NC(=S)/C(=C(\O)c2cccc([N+](=O)[O-])c2)[n+]2cccc(CO)c2)c(C)c1. The van der Waals surface area contributed by atoms with Crippen molar-refractivity contribution in [2.45, 2.75) is 20.5 Å². The largest absolute Gasteiger partial charge is 0.502 e. The van der Waals surface area contributed by atoms with Gasteiger partial charge in [0.15, 0.2) is 23.1 Å². The Morgan fingerprint density at radius 3 is 2.61 bits per heavy atom. The average molecular weight is 437 g/mol. The van der Waals surface area contributed by atoms with Crippen LogP contribution in [0.1, 0.15) is 22.3 Å². The number of nitro groups is 1. The second kappa shape index (κ2) is 9.46. The van der Waals surface area contributed by atoms with E-state index in [9.17, 15) is 20.3 Å². The van der Waals surface area contributed by atoms with Crippen molar-refractivity contribution in [3.8, 4) is 0 Å². The van der Waals surface area contributed by atoms with Gasteiger partial charge in [0.1, 0.15) is 0 Å². The molecule has 0 saturated carbocycles. The van der Waals surface area contributed by atoms with Crippen LogP contribution in [0.2, 0.25) is 0 Å². The third kappa shape index (κ3) is 5.11. The van der Waals surface area contributed by atoms with E-state index >= 15 is 0 Å². The van der Waals surface area contributed by atoms with Crippen LogP contribution >= 0.6 is 12.2 Å². The summed E-state index contributed by atoms with van der Waals surface area (Å²) in [4.78, 5) is 10.9. The van der Waals surface area contributed by atoms with Gasteiger partial charge >= 0.3 is 0 Å². The molecular weight excluding hydrogens is 414 g/mol. The molecule has 8 heteroatoms. The van der Waals surface area contributed by atoms with Crippen LogP contribution in [-0.4, -0.2) is 20.1 Å². The lowest BCUT2D eigenvalue weighted by Gasteiger charge is -2.13. The van der Waals surface area contributed by atoms with Crippen molar-refractivity contribution < 1.29 is 19.7 Å². The van der Waals surface area contributed by atoms with E-state index < -0.39 is 4.92 Å². The molecule has 158 valence electrons. The van der Waals surface area contributed by atoms with E-state index in [2.05, 4.69) is 5.32 Å². The number of nitrogens with one attached hydrogen (secondary N) is 1. The highest BCUT2D eigenvalue weighted by molar-refractivity contribution is 7.81. The topological polar surface area (TPSA) is 99.5 Å². The summed E-state index contributed by atoms with van der Waals surface area (Å²) in [5.74, 6) is -0.231. The molecule has 0 aliphatic carbocycles. The summed E-state index contributed by atoms with van der Waals surface area (Å²) in [5, 5.41) is 35.0. The first-order valence-electron chi connectivity index (χ1n) is 9.48. The molecule has 0 spiro atoms. The maximum atomic E-state index is 11.2. The van der Waals surface area contributed by atoms with Gasteiger partial charge in [-0.25, -0.2) is 0 Å². The summed E-state index contributed by atoms with van der Waals surface area (Å²) in [6.45, 7) is 3.75. The lowest BCUT2D eigenvalue weighted by molar-refractivity contribution is -0.576. The van der Waals surface area contributed by atoms with E-state index in [4.69, 9.17) is 12.2 Å². The van der Waals surface area contributed by atoms with Crippen molar-refractivity contribution in [1.82, 2.24) is 0 Å². The van der Waals surface area contributed by atoms with Crippen LogP contribution in [0.4, 0.5) is 11.4 Å². The first-order valence-corrected chi connectivity index (χ1v) is 9.89. The van der Waals surface area contributed by atoms with Crippen LogP contribution in [0.15, 0.2) is 67.0 Å². The Balaban J connectivity index is 2.14. The molecule has 0 amide bonds. The van der Waals surface area contributed by atoms with E-state index in [0.29, 0.717) is 5.56 Å². The van der Waals surface area contributed by atoms with Crippen LogP contribution in [0.5, 0.6) is 0 Å². The van der Waals surface area contributed by atoms with E-state index in [0.717, 1.165) is 16.8 Å². The monoisotopic (exact) mass is 436 g/mol. The number of non-ortho nitro benzene ring substituents is 1. The molecular formula is C23H22N3O4S+. The summed E-state index contributed by atoms with van der Waals surface area (Å²) >= 11 is 5.63. The van der Waals surface area contributed by atoms with Crippen molar-refractivity contribution in [3.05, 3.63) is 99.4 Å². The predicted molar refractivity (Wildman–Crippen MR) is 124 cm³/mol. The molecule has 3 rings (SSSR count). The maximum absolute atomic E-state index is 11.2. The second-order valence-corrected chi connectivity index (χ2v) is 7.46. The number of aryl methyl sites for hydroxylation is 2. The molecule has 7 nitrogen and oxygen atoms in total. The van der Waals surface area contributed by atoms with Gasteiger partial charge in [-0.05, 0) is 31.5 Å². The highest BCUT2D eigenvalue weighted by Gasteiger charge is 2.25. The summed E-state index contributed by atoms with van der Waals surface area (Å²) in [7, 11) is 0. The lowest BCUT2D eigenvalue weighted by atomic mass is 10.1. The van der Waals surface area contributed by atoms with Gasteiger partial charge in [-0.15, -0.1) is 0 Å². The predicted octanol–water partition coefficient (Wildman–Crippen LogP) is 4.31. The van der Waals surface area contributed by atoms with Gasteiger partial charge in [0, 0.05) is 35.0 Å². The molecule has 0 aliphatic rings. The number of benzene rings is 2. The van der Waals surface area contributed by atoms with Gasteiger partial charge in [0.05, 0.1) is 11.5 Å². The number of hydrogen-bond donors (Lipinski definition) is 3. The number of aliphatic hydroxyl groups is 2. The van der Waals surface area contributed by atoms with Gasteiger partial charge in [-0.3, -0.25) is 10.1 Å². The fourth-order valence-corrected chi connectivity index (χ4v) is 3.45. The number of nitro benzene ring substituents is 1. The van der Waals surface area contributed by atoms with E-state index in [1.54, 1.807) is 35.2 Å². The molecule has 3 aromatic rings. The Bertz CT molecular complexity index is 1190. The van der Waals surface area contributed by atoms with E-state index in [1.165, 1.54) is 18.2 Å². The van der Waals surface area contributed by atoms with Gasteiger partial charge in [-0.1, -0.05) is 42.0 Å². The number of aliphatic hydroxyl groups excluding tert-OH is 2. The third-order valence-corrected chi connectivity index (χ3v) is 5.00. The number of hydrogen-bond acceptors (Lipinski definition) is 5. The molecule has 2 aromatic carbocycles. The molecule has 0 atom stereocenters. The Morgan fingerprint density at radius 2 is 1.94 bits per heavy atom. The third-order valence-electron chi connectivity index (χ3n) is 4.70. The van der Waals surface area contributed by atoms with Crippen molar-refractivity contribution in [2.24, 2.45) is 0 Å². The van der Waals surface area contributed by atoms with Gasteiger partial charge in [0.25, 0.3) is 11.4 Å². The van der Waals surface area contributed by atoms with Crippen LogP contribution < -0.4 is 9.88 Å². The number of anilines is 1. The van der Waals surface area contributed by atoms with Crippen LogP contribution in [0, 0.1) is 24.0 Å². The number of rotatable bonds is 6. The number of pyridine rings is 1. The normalized spacial score (nSPS) is 11.6. The molecule has 3 N–H and O–H groups in total. The maximum Gasteiger partial charge on any atom is 0.288 e. The number of nitrogens with zero attached hydrogens (tertiary/aromatic N) is 2. The molecule has 0 aliphatic heterocycles.